The Morgan fingerprint density at radius 1 is 1.21 bits per heavy atom. The molecule has 1 rings (SSSR count). The Morgan fingerprint density at radius 3 is 2.21 bits per heavy atom. The monoisotopic (exact) mass is 196 g/mol. The Hall–Kier alpha value is -0.790. The molecule has 0 atom stereocenters. The topological polar surface area (TPSA) is 26.3 Å². The minimum absolute atomic E-state index is 0.159. The zero-order valence-electron chi connectivity index (χ0n) is 9.43. The maximum atomic E-state index is 11.1. The van der Waals surface area contributed by atoms with Gasteiger partial charge in [0.2, 0.25) is 0 Å². The molecule has 0 heterocycles. The van der Waals surface area contributed by atoms with Crippen molar-refractivity contribution in [1.29, 1.82) is 0 Å². The van der Waals surface area contributed by atoms with E-state index in [1.807, 2.05) is 6.92 Å². The predicted molar refractivity (Wildman–Crippen MR) is 57.0 cm³/mol. The Bertz CT molecular complexity index is 235. The van der Waals surface area contributed by atoms with Crippen molar-refractivity contribution in [2.45, 2.75) is 58.5 Å². The van der Waals surface area contributed by atoms with Crippen LogP contribution in [0.15, 0.2) is 11.6 Å². The molecule has 0 aliphatic heterocycles. The summed E-state index contributed by atoms with van der Waals surface area (Å²) in [5.41, 5.74) is 0.922. The lowest BCUT2D eigenvalue weighted by Gasteiger charge is -2.37. The Balaban J connectivity index is 2.82. The van der Waals surface area contributed by atoms with E-state index in [4.69, 9.17) is 4.74 Å². The summed E-state index contributed by atoms with van der Waals surface area (Å²) in [6.07, 6.45) is 7.64. The molecule has 14 heavy (non-hydrogen) atoms. The first kappa shape index (κ1) is 11.3. The van der Waals surface area contributed by atoms with Gasteiger partial charge in [0, 0.05) is 6.92 Å². The lowest BCUT2D eigenvalue weighted by molar-refractivity contribution is -0.156. The van der Waals surface area contributed by atoms with Gasteiger partial charge < -0.3 is 4.74 Å². The molecule has 0 unspecified atom stereocenters. The largest absolute Gasteiger partial charge is 0.455 e. The van der Waals surface area contributed by atoms with Gasteiger partial charge in [0.05, 0.1) is 0 Å². The third-order valence-electron chi connectivity index (χ3n) is 3.15. The summed E-state index contributed by atoms with van der Waals surface area (Å²) in [4.78, 5) is 11.1. The van der Waals surface area contributed by atoms with Gasteiger partial charge in [-0.25, -0.2) is 0 Å². The number of ether oxygens (including phenoxy) is 1. The van der Waals surface area contributed by atoms with Crippen LogP contribution in [0.25, 0.3) is 0 Å². The van der Waals surface area contributed by atoms with Crippen LogP contribution in [0.4, 0.5) is 0 Å². The van der Waals surface area contributed by atoms with Crippen molar-refractivity contribution < 1.29 is 9.53 Å². The lowest BCUT2D eigenvalue weighted by atomic mass is 9.79. The molecule has 0 aromatic heterocycles. The molecule has 1 aliphatic carbocycles. The van der Waals surface area contributed by atoms with E-state index in [0.717, 1.165) is 12.8 Å². The second-order valence-corrected chi connectivity index (χ2v) is 4.12. The molecule has 80 valence electrons. The van der Waals surface area contributed by atoms with Crippen LogP contribution in [0.5, 0.6) is 0 Å². The zero-order chi connectivity index (χ0) is 10.6. The van der Waals surface area contributed by atoms with Gasteiger partial charge in [-0.15, -0.1) is 0 Å². The minimum Gasteiger partial charge on any atom is -0.455 e. The van der Waals surface area contributed by atoms with E-state index in [1.54, 1.807) is 0 Å². The molecule has 2 heteroatoms. The average Bonchev–Trinajstić information content (AvgIpc) is 2.17. The fourth-order valence-electron chi connectivity index (χ4n) is 2.24. The molecular weight excluding hydrogens is 176 g/mol. The van der Waals surface area contributed by atoms with E-state index < -0.39 is 0 Å². The smallest absolute Gasteiger partial charge is 0.303 e. The van der Waals surface area contributed by atoms with Gasteiger partial charge in [-0.3, -0.25) is 4.79 Å². The van der Waals surface area contributed by atoms with Crippen molar-refractivity contribution in [3.05, 3.63) is 11.6 Å². The highest BCUT2D eigenvalue weighted by atomic mass is 16.6. The standard InChI is InChI=1S/C12H20O2/c1-4-10(2)12(14-11(3)13)8-6-5-7-9-12/h4H,5-9H2,1-3H3/b10-4+. The molecule has 0 spiro atoms. The van der Waals surface area contributed by atoms with Crippen LogP contribution in [-0.4, -0.2) is 11.6 Å². The molecule has 0 N–H and O–H groups in total. The molecule has 2 nitrogen and oxygen atoms in total. The SMILES string of the molecule is C/C=C(\C)C1(OC(C)=O)CCCCC1. The quantitative estimate of drug-likeness (QED) is 0.500. The maximum absolute atomic E-state index is 11.1. The van der Waals surface area contributed by atoms with Crippen molar-refractivity contribution in [2.24, 2.45) is 0 Å². The van der Waals surface area contributed by atoms with E-state index in [0.29, 0.717) is 0 Å². The fourth-order valence-corrected chi connectivity index (χ4v) is 2.24. The molecule has 1 fully saturated rings. The first-order valence-corrected chi connectivity index (χ1v) is 5.44. The number of allylic oxidation sites excluding steroid dienone is 1. The van der Waals surface area contributed by atoms with Crippen LogP contribution >= 0.6 is 0 Å². The number of hydrogen-bond acceptors (Lipinski definition) is 2. The van der Waals surface area contributed by atoms with Crippen LogP contribution < -0.4 is 0 Å². The van der Waals surface area contributed by atoms with Gasteiger partial charge in [0.1, 0.15) is 5.60 Å². The second kappa shape index (κ2) is 4.63. The highest BCUT2D eigenvalue weighted by Gasteiger charge is 2.36. The van der Waals surface area contributed by atoms with Crippen LogP contribution in [0.3, 0.4) is 0 Å². The molecular formula is C12H20O2. The molecule has 0 saturated heterocycles. The van der Waals surface area contributed by atoms with E-state index >= 15 is 0 Å². The van der Waals surface area contributed by atoms with Crippen molar-refractivity contribution in [2.75, 3.05) is 0 Å². The molecule has 0 amide bonds. The van der Waals surface area contributed by atoms with Crippen molar-refractivity contribution in [3.63, 3.8) is 0 Å². The summed E-state index contributed by atoms with van der Waals surface area (Å²) >= 11 is 0. The van der Waals surface area contributed by atoms with E-state index in [9.17, 15) is 4.79 Å². The normalized spacial score (nSPS) is 21.8. The number of carbonyl (C=O) groups excluding carboxylic acids is 1. The summed E-state index contributed by atoms with van der Waals surface area (Å²) in [6, 6.07) is 0. The van der Waals surface area contributed by atoms with Crippen LogP contribution in [0.2, 0.25) is 0 Å². The van der Waals surface area contributed by atoms with E-state index in [-0.39, 0.29) is 11.6 Å². The first-order chi connectivity index (χ1) is 6.60. The summed E-state index contributed by atoms with van der Waals surface area (Å²) in [5, 5.41) is 0. The number of esters is 1. The van der Waals surface area contributed by atoms with Gasteiger partial charge >= 0.3 is 5.97 Å². The predicted octanol–water partition coefficient (Wildman–Crippen LogP) is 3.22. The highest BCUT2D eigenvalue weighted by Crippen LogP contribution is 2.37. The minimum atomic E-state index is -0.279. The molecule has 0 bridgehead atoms. The fraction of sp³-hybridized carbons (Fsp3) is 0.750. The van der Waals surface area contributed by atoms with E-state index in [1.165, 1.54) is 31.8 Å². The summed E-state index contributed by atoms with van der Waals surface area (Å²) in [7, 11) is 0. The average molecular weight is 196 g/mol. The van der Waals surface area contributed by atoms with Crippen molar-refractivity contribution >= 4 is 5.97 Å². The maximum Gasteiger partial charge on any atom is 0.303 e. The number of rotatable bonds is 2. The van der Waals surface area contributed by atoms with Gasteiger partial charge in [-0.2, -0.15) is 0 Å². The molecule has 1 saturated carbocycles. The number of hydrogen-bond donors (Lipinski definition) is 0. The third kappa shape index (κ3) is 2.37. The van der Waals surface area contributed by atoms with E-state index in [2.05, 4.69) is 13.0 Å². The van der Waals surface area contributed by atoms with Gasteiger partial charge in [0.15, 0.2) is 0 Å². The van der Waals surface area contributed by atoms with Gasteiger partial charge in [0.25, 0.3) is 0 Å². The lowest BCUT2D eigenvalue weighted by Crippen LogP contribution is -2.37. The van der Waals surface area contributed by atoms with Crippen molar-refractivity contribution in [3.8, 4) is 0 Å². The Labute approximate surface area is 86.3 Å². The van der Waals surface area contributed by atoms with Gasteiger partial charge in [-0.1, -0.05) is 12.5 Å². The second-order valence-electron chi connectivity index (χ2n) is 4.12. The first-order valence-electron chi connectivity index (χ1n) is 5.44. The summed E-state index contributed by atoms with van der Waals surface area (Å²) in [6.45, 7) is 5.57. The van der Waals surface area contributed by atoms with Crippen molar-refractivity contribution in [1.82, 2.24) is 0 Å². The van der Waals surface area contributed by atoms with Gasteiger partial charge in [-0.05, 0) is 45.1 Å². The Morgan fingerprint density at radius 2 is 1.79 bits per heavy atom. The molecule has 0 aromatic carbocycles. The van der Waals surface area contributed by atoms with Crippen LogP contribution in [0.1, 0.15) is 52.9 Å². The molecule has 0 radical (unpaired) electrons. The number of carbonyl (C=O) groups is 1. The summed E-state index contributed by atoms with van der Waals surface area (Å²) in [5.74, 6) is -0.159. The zero-order valence-corrected chi connectivity index (χ0v) is 9.43. The van der Waals surface area contributed by atoms with Crippen LogP contribution in [-0.2, 0) is 9.53 Å². The molecule has 1 aliphatic rings. The Kier molecular flexibility index (Phi) is 3.73. The summed E-state index contributed by atoms with van der Waals surface area (Å²) < 4.78 is 5.52. The molecule has 0 aromatic rings. The van der Waals surface area contributed by atoms with Crippen LogP contribution in [0, 0.1) is 0 Å². The third-order valence-corrected chi connectivity index (χ3v) is 3.15. The highest BCUT2D eigenvalue weighted by molar-refractivity contribution is 5.67.